The van der Waals surface area contributed by atoms with E-state index in [1.807, 2.05) is 35.7 Å². The number of nitrogens with one attached hydrogen (secondary N) is 1. The average molecular weight is 460 g/mol. The SMILES string of the molecule is C=CCCC(O)CN(CCC(C)C)Cc1nc2scc(-c3ccc(Cl)cc3)c2c(=O)[nH]1. The molecule has 3 rings (SSSR count). The summed E-state index contributed by atoms with van der Waals surface area (Å²) < 4.78 is 0. The zero-order valence-corrected chi connectivity index (χ0v) is 19.7. The van der Waals surface area contributed by atoms with Gasteiger partial charge in [-0.1, -0.05) is 43.7 Å². The first-order valence-corrected chi connectivity index (χ1v) is 11.9. The van der Waals surface area contributed by atoms with Gasteiger partial charge in [-0.25, -0.2) is 4.98 Å². The summed E-state index contributed by atoms with van der Waals surface area (Å²) in [5, 5.41) is 13.6. The molecule has 0 radical (unpaired) electrons. The van der Waals surface area contributed by atoms with Crippen LogP contribution in [0.5, 0.6) is 0 Å². The first kappa shape index (κ1) is 23.7. The van der Waals surface area contributed by atoms with Crippen molar-refractivity contribution in [1.82, 2.24) is 14.9 Å². The highest BCUT2D eigenvalue weighted by Crippen LogP contribution is 2.31. The molecule has 2 aromatic heterocycles. The fourth-order valence-electron chi connectivity index (χ4n) is 3.50. The zero-order chi connectivity index (χ0) is 22.4. The van der Waals surface area contributed by atoms with Crippen molar-refractivity contribution in [3.63, 3.8) is 0 Å². The third-order valence-electron chi connectivity index (χ3n) is 5.22. The molecule has 0 aliphatic carbocycles. The lowest BCUT2D eigenvalue weighted by Gasteiger charge is -2.25. The highest BCUT2D eigenvalue weighted by Gasteiger charge is 2.17. The molecule has 166 valence electrons. The third-order valence-corrected chi connectivity index (χ3v) is 6.34. The molecule has 0 saturated carbocycles. The smallest absolute Gasteiger partial charge is 0.260 e. The van der Waals surface area contributed by atoms with Gasteiger partial charge in [-0.2, -0.15) is 0 Å². The van der Waals surface area contributed by atoms with Crippen LogP contribution in [0.2, 0.25) is 5.02 Å². The molecule has 0 aliphatic rings. The summed E-state index contributed by atoms with van der Waals surface area (Å²) in [6.45, 7) is 9.97. The van der Waals surface area contributed by atoms with Crippen molar-refractivity contribution in [3.8, 4) is 11.1 Å². The second-order valence-electron chi connectivity index (χ2n) is 8.29. The van der Waals surface area contributed by atoms with Crippen LogP contribution in [0.15, 0.2) is 47.1 Å². The van der Waals surface area contributed by atoms with E-state index in [9.17, 15) is 9.90 Å². The summed E-state index contributed by atoms with van der Waals surface area (Å²) in [5.41, 5.74) is 1.68. The first-order chi connectivity index (χ1) is 14.9. The minimum absolute atomic E-state index is 0.137. The van der Waals surface area contributed by atoms with E-state index in [1.54, 1.807) is 0 Å². The molecule has 7 heteroatoms. The van der Waals surface area contributed by atoms with Crippen LogP contribution in [0, 0.1) is 5.92 Å². The van der Waals surface area contributed by atoms with Crippen molar-refractivity contribution in [2.45, 2.75) is 45.8 Å². The Morgan fingerprint density at radius 2 is 2.03 bits per heavy atom. The second-order valence-corrected chi connectivity index (χ2v) is 9.58. The van der Waals surface area contributed by atoms with Gasteiger partial charge in [0, 0.05) is 22.5 Å². The molecule has 1 unspecified atom stereocenters. The number of aliphatic hydroxyl groups is 1. The Hall–Kier alpha value is -1.99. The fraction of sp³-hybridized carbons (Fsp3) is 0.417. The lowest BCUT2D eigenvalue weighted by molar-refractivity contribution is 0.0981. The van der Waals surface area contributed by atoms with Crippen LogP contribution >= 0.6 is 22.9 Å². The standard InChI is InChI=1S/C24H30ClN3O2S/c1-4-5-6-19(29)13-28(12-11-16(2)3)14-21-26-23(30)22-20(15-31-24(22)27-21)17-7-9-18(25)10-8-17/h4,7-10,15-16,19,29H,1,5-6,11-14H2,2-3H3,(H,26,27,30). The van der Waals surface area contributed by atoms with Crippen LogP contribution in [0.4, 0.5) is 0 Å². The molecule has 0 fully saturated rings. The molecule has 3 aromatic rings. The first-order valence-electron chi connectivity index (χ1n) is 10.6. The Balaban J connectivity index is 1.83. The highest BCUT2D eigenvalue weighted by atomic mass is 35.5. The Kier molecular flexibility index (Phi) is 8.43. The van der Waals surface area contributed by atoms with Crippen LogP contribution in [0.25, 0.3) is 21.3 Å². The summed E-state index contributed by atoms with van der Waals surface area (Å²) in [4.78, 5) is 23.5. The minimum Gasteiger partial charge on any atom is -0.392 e. The van der Waals surface area contributed by atoms with E-state index in [2.05, 4.69) is 30.3 Å². The van der Waals surface area contributed by atoms with Gasteiger partial charge in [-0.15, -0.1) is 17.9 Å². The molecule has 31 heavy (non-hydrogen) atoms. The van der Waals surface area contributed by atoms with E-state index in [0.29, 0.717) is 41.7 Å². The van der Waals surface area contributed by atoms with Gasteiger partial charge >= 0.3 is 0 Å². The van der Waals surface area contributed by atoms with Crippen LogP contribution in [0.1, 0.15) is 38.9 Å². The van der Waals surface area contributed by atoms with E-state index < -0.39 is 6.10 Å². The largest absolute Gasteiger partial charge is 0.392 e. The normalized spacial score (nSPS) is 12.7. The number of aromatic amines is 1. The monoisotopic (exact) mass is 459 g/mol. The molecular weight excluding hydrogens is 430 g/mol. The molecule has 0 aliphatic heterocycles. The maximum atomic E-state index is 12.9. The number of halogens is 1. The molecule has 0 bridgehead atoms. The quantitative estimate of drug-likeness (QED) is 0.372. The third kappa shape index (κ3) is 6.50. The van der Waals surface area contributed by atoms with Crippen LogP contribution in [0.3, 0.4) is 0 Å². The Morgan fingerprint density at radius 1 is 1.29 bits per heavy atom. The second kappa shape index (κ2) is 11.0. The number of aromatic nitrogens is 2. The van der Waals surface area contributed by atoms with Gasteiger partial charge in [0.25, 0.3) is 5.56 Å². The Labute approximate surface area is 192 Å². The van der Waals surface area contributed by atoms with E-state index in [0.717, 1.165) is 35.3 Å². The summed E-state index contributed by atoms with van der Waals surface area (Å²) in [5.74, 6) is 1.18. The number of hydrogen-bond donors (Lipinski definition) is 2. The summed E-state index contributed by atoms with van der Waals surface area (Å²) >= 11 is 7.46. The number of fused-ring (bicyclic) bond motifs is 1. The number of H-pyrrole nitrogens is 1. The summed E-state index contributed by atoms with van der Waals surface area (Å²) in [7, 11) is 0. The molecule has 0 spiro atoms. The van der Waals surface area contributed by atoms with E-state index >= 15 is 0 Å². The van der Waals surface area contributed by atoms with Crippen molar-refractivity contribution in [1.29, 1.82) is 0 Å². The van der Waals surface area contributed by atoms with Crippen molar-refractivity contribution in [2.75, 3.05) is 13.1 Å². The van der Waals surface area contributed by atoms with Crippen molar-refractivity contribution in [2.24, 2.45) is 5.92 Å². The van der Waals surface area contributed by atoms with Gasteiger partial charge in [-0.05, 0) is 49.4 Å². The Bertz CT molecular complexity index is 1060. The van der Waals surface area contributed by atoms with Crippen LogP contribution in [-0.4, -0.2) is 39.2 Å². The molecule has 2 heterocycles. The molecular formula is C24H30ClN3O2S. The number of rotatable bonds is 11. The summed E-state index contributed by atoms with van der Waals surface area (Å²) in [6, 6.07) is 7.46. The number of thiophene rings is 1. The van der Waals surface area contributed by atoms with Crippen molar-refractivity contribution in [3.05, 3.63) is 63.5 Å². The predicted molar refractivity (Wildman–Crippen MR) is 131 cm³/mol. The van der Waals surface area contributed by atoms with E-state index in [1.165, 1.54) is 11.3 Å². The maximum absolute atomic E-state index is 12.9. The van der Waals surface area contributed by atoms with Crippen LogP contribution in [-0.2, 0) is 6.54 Å². The molecule has 0 amide bonds. The molecule has 1 aromatic carbocycles. The lowest BCUT2D eigenvalue weighted by Crippen LogP contribution is -2.34. The van der Waals surface area contributed by atoms with E-state index in [4.69, 9.17) is 16.6 Å². The average Bonchev–Trinajstić information content (AvgIpc) is 3.15. The fourth-order valence-corrected chi connectivity index (χ4v) is 4.59. The van der Waals surface area contributed by atoms with Crippen LogP contribution < -0.4 is 5.56 Å². The molecule has 1 atom stereocenters. The van der Waals surface area contributed by atoms with Gasteiger partial charge in [0.2, 0.25) is 0 Å². The lowest BCUT2D eigenvalue weighted by atomic mass is 10.1. The topological polar surface area (TPSA) is 69.2 Å². The molecule has 2 N–H and O–H groups in total. The molecule has 0 saturated heterocycles. The van der Waals surface area contributed by atoms with Gasteiger partial charge in [0.15, 0.2) is 0 Å². The predicted octanol–water partition coefficient (Wildman–Crippen LogP) is 5.48. The van der Waals surface area contributed by atoms with Gasteiger partial charge < -0.3 is 10.1 Å². The number of hydrogen-bond acceptors (Lipinski definition) is 5. The van der Waals surface area contributed by atoms with E-state index in [-0.39, 0.29) is 5.56 Å². The number of allylic oxidation sites excluding steroid dienone is 1. The van der Waals surface area contributed by atoms with Gasteiger partial charge in [-0.3, -0.25) is 9.69 Å². The molecule has 5 nitrogen and oxygen atoms in total. The zero-order valence-electron chi connectivity index (χ0n) is 18.1. The highest BCUT2D eigenvalue weighted by molar-refractivity contribution is 7.17. The number of aliphatic hydroxyl groups excluding tert-OH is 1. The van der Waals surface area contributed by atoms with Gasteiger partial charge in [0.1, 0.15) is 10.7 Å². The summed E-state index contributed by atoms with van der Waals surface area (Å²) in [6.07, 6.45) is 3.87. The Morgan fingerprint density at radius 3 is 2.71 bits per heavy atom. The van der Waals surface area contributed by atoms with Crippen molar-refractivity contribution >= 4 is 33.2 Å². The van der Waals surface area contributed by atoms with Gasteiger partial charge in [0.05, 0.1) is 18.0 Å². The number of nitrogens with zero attached hydrogens (tertiary/aromatic N) is 2. The number of benzene rings is 1. The minimum atomic E-state index is -0.432. The maximum Gasteiger partial charge on any atom is 0.260 e. The van der Waals surface area contributed by atoms with Crippen molar-refractivity contribution < 1.29 is 5.11 Å².